The molecule has 0 radical (unpaired) electrons. The molecule has 1 saturated heterocycles. The van der Waals surface area contributed by atoms with Gasteiger partial charge in [0.2, 0.25) is 0 Å². The molecule has 0 amide bonds. The molecule has 6 heteroatoms. The molecule has 0 aromatic heterocycles. The summed E-state index contributed by atoms with van der Waals surface area (Å²) in [7, 11) is 0. The van der Waals surface area contributed by atoms with Gasteiger partial charge in [0.15, 0.2) is 0 Å². The Morgan fingerprint density at radius 2 is 1.91 bits per heavy atom. The first-order valence-electron chi connectivity index (χ1n) is 7.64. The summed E-state index contributed by atoms with van der Waals surface area (Å²) in [4.78, 5) is 2.57. The smallest absolute Gasteiger partial charge is 0.872 e. The first-order valence-corrected chi connectivity index (χ1v) is 9.80. The van der Waals surface area contributed by atoms with Crippen LogP contribution >= 0.6 is 45.2 Å². The minimum Gasteiger partial charge on any atom is -0.872 e. The van der Waals surface area contributed by atoms with Crippen LogP contribution in [0.15, 0.2) is 12.1 Å². The topological polar surface area (TPSA) is 38.3 Å². The Bertz CT molecular complexity index is 468. The van der Waals surface area contributed by atoms with E-state index in [0.29, 0.717) is 12.5 Å². The first-order chi connectivity index (χ1) is 10.1. The van der Waals surface area contributed by atoms with Crippen molar-refractivity contribution in [3.63, 3.8) is 0 Å². The molecule has 1 aliphatic heterocycles. The SMILES string of the molecule is CC(CNCc1cc(I)cc(I)c1[O-])CN1CCCCC1.[Na+]. The van der Waals surface area contributed by atoms with Gasteiger partial charge in [0.1, 0.15) is 0 Å². The molecule has 0 aliphatic carbocycles. The average molecular weight is 536 g/mol. The first kappa shape index (κ1) is 21.4. The third-order valence-corrected chi connectivity index (χ3v) is 5.34. The number of nitrogens with zero attached hydrogens (tertiary/aromatic N) is 1. The van der Waals surface area contributed by atoms with Crippen LogP contribution in [-0.4, -0.2) is 31.1 Å². The number of nitrogens with one attached hydrogen (secondary N) is 1. The van der Waals surface area contributed by atoms with Crippen LogP contribution in [0.1, 0.15) is 31.7 Å². The van der Waals surface area contributed by atoms with E-state index in [1.165, 1.54) is 38.9 Å². The van der Waals surface area contributed by atoms with Crippen LogP contribution in [0.3, 0.4) is 0 Å². The molecular weight excluding hydrogens is 513 g/mol. The van der Waals surface area contributed by atoms with Gasteiger partial charge in [-0.2, -0.15) is 0 Å². The molecule has 1 aromatic carbocycles. The molecule has 1 aliphatic rings. The van der Waals surface area contributed by atoms with Crippen molar-refractivity contribution in [3.8, 4) is 5.75 Å². The van der Waals surface area contributed by atoms with E-state index in [1.54, 1.807) is 0 Å². The molecule has 1 heterocycles. The average Bonchev–Trinajstić information content (AvgIpc) is 2.45. The van der Waals surface area contributed by atoms with E-state index in [2.05, 4.69) is 62.3 Å². The van der Waals surface area contributed by atoms with E-state index in [-0.39, 0.29) is 35.3 Å². The van der Waals surface area contributed by atoms with E-state index in [1.807, 2.05) is 12.1 Å². The van der Waals surface area contributed by atoms with Crippen molar-refractivity contribution in [2.24, 2.45) is 5.92 Å². The monoisotopic (exact) mass is 536 g/mol. The van der Waals surface area contributed by atoms with E-state index in [4.69, 9.17) is 0 Å². The maximum Gasteiger partial charge on any atom is 1.00 e. The van der Waals surface area contributed by atoms with E-state index in [0.717, 1.165) is 19.2 Å². The summed E-state index contributed by atoms with van der Waals surface area (Å²) in [6, 6.07) is 3.93. The van der Waals surface area contributed by atoms with Crippen LogP contribution in [0.2, 0.25) is 0 Å². The summed E-state index contributed by atoms with van der Waals surface area (Å²) >= 11 is 4.40. The summed E-state index contributed by atoms with van der Waals surface area (Å²) in [5.41, 5.74) is 0.886. The minimum atomic E-state index is 0. The second-order valence-electron chi connectivity index (χ2n) is 5.97. The Labute approximate surface area is 183 Å². The van der Waals surface area contributed by atoms with Crippen LogP contribution in [0.5, 0.6) is 5.75 Å². The molecule has 0 saturated carbocycles. The summed E-state index contributed by atoms with van der Waals surface area (Å²) in [6.45, 7) is 7.61. The van der Waals surface area contributed by atoms with Crippen LogP contribution < -0.4 is 40.0 Å². The van der Waals surface area contributed by atoms with Crippen molar-refractivity contribution >= 4 is 45.2 Å². The van der Waals surface area contributed by atoms with Gasteiger partial charge >= 0.3 is 29.6 Å². The normalized spacial score (nSPS) is 17.0. The summed E-state index contributed by atoms with van der Waals surface area (Å²) in [5, 5.41) is 15.5. The summed E-state index contributed by atoms with van der Waals surface area (Å²) < 4.78 is 1.95. The Morgan fingerprint density at radius 3 is 2.59 bits per heavy atom. The quantitative estimate of drug-likeness (QED) is 0.417. The van der Waals surface area contributed by atoms with Crippen LogP contribution in [0.4, 0.5) is 0 Å². The number of halogens is 2. The maximum absolute atomic E-state index is 12.1. The van der Waals surface area contributed by atoms with E-state index in [9.17, 15) is 5.11 Å². The number of hydrogen-bond donors (Lipinski definition) is 1. The molecule has 1 N–H and O–H groups in total. The fourth-order valence-electron chi connectivity index (χ4n) is 2.85. The molecular formula is C16H23I2N2NaO. The van der Waals surface area contributed by atoms with E-state index >= 15 is 0 Å². The third-order valence-electron chi connectivity index (χ3n) is 3.91. The standard InChI is InChI=1S/C16H24I2N2O.Na/c1-12(11-20-5-3-2-4-6-20)9-19-10-13-7-14(17)8-15(18)16(13)21;/h7-8,12,19,21H,2-6,9-11H2,1H3;/q;+1/p-1. The van der Waals surface area contributed by atoms with Crippen LogP contribution in [-0.2, 0) is 6.54 Å². The number of hydrogen-bond acceptors (Lipinski definition) is 3. The van der Waals surface area contributed by atoms with Crippen molar-refractivity contribution in [1.82, 2.24) is 10.2 Å². The number of piperidine rings is 1. The number of likely N-dealkylation sites (tertiary alicyclic amines) is 1. The summed E-state index contributed by atoms with van der Waals surface area (Å²) in [5.74, 6) is 0.798. The number of rotatable bonds is 6. The van der Waals surface area contributed by atoms with Gasteiger partial charge in [0.05, 0.1) is 0 Å². The van der Waals surface area contributed by atoms with Crippen LogP contribution in [0.25, 0.3) is 0 Å². The van der Waals surface area contributed by atoms with Gasteiger partial charge < -0.3 is 15.3 Å². The van der Waals surface area contributed by atoms with Crippen molar-refractivity contribution in [1.29, 1.82) is 0 Å². The van der Waals surface area contributed by atoms with Gasteiger partial charge in [-0.1, -0.05) is 19.1 Å². The fourth-order valence-corrected chi connectivity index (χ4v) is 4.81. The van der Waals surface area contributed by atoms with Gasteiger partial charge in [-0.25, -0.2) is 0 Å². The number of benzene rings is 1. The van der Waals surface area contributed by atoms with Gasteiger partial charge in [-0.15, -0.1) is 0 Å². The van der Waals surface area contributed by atoms with Gasteiger partial charge in [-0.05, 0) is 101 Å². The zero-order valence-corrected chi connectivity index (χ0v) is 19.8. The van der Waals surface area contributed by atoms with Gasteiger partial charge in [0, 0.05) is 20.2 Å². The molecule has 1 unspecified atom stereocenters. The van der Waals surface area contributed by atoms with Crippen molar-refractivity contribution in [3.05, 3.63) is 24.8 Å². The Kier molecular flexibility index (Phi) is 10.8. The molecule has 3 nitrogen and oxygen atoms in total. The molecule has 22 heavy (non-hydrogen) atoms. The Hall–Kier alpha value is 1.40. The molecule has 2 rings (SSSR count). The summed E-state index contributed by atoms with van der Waals surface area (Å²) in [6.07, 6.45) is 4.09. The molecule has 118 valence electrons. The predicted octanol–water partition coefficient (Wildman–Crippen LogP) is 0.185. The molecule has 1 aromatic rings. The molecule has 0 spiro atoms. The van der Waals surface area contributed by atoms with Crippen molar-refractivity contribution < 1.29 is 34.7 Å². The Morgan fingerprint density at radius 1 is 1.23 bits per heavy atom. The van der Waals surface area contributed by atoms with Crippen molar-refractivity contribution in [2.45, 2.75) is 32.7 Å². The van der Waals surface area contributed by atoms with Crippen molar-refractivity contribution in [2.75, 3.05) is 26.2 Å². The van der Waals surface area contributed by atoms with Gasteiger partial charge in [-0.3, -0.25) is 0 Å². The minimum absolute atomic E-state index is 0. The predicted molar refractivity (Wildman–Crippen MR) is 102 cm³/mol. The molecule has 1 atom stereocenters. The largest absolute Gasteiger partial charge is 1.00 e. The van der Waals surface area contributed by atoms with Crippen LogP contribution in [0, 0.1) is 13.1 Å². The Balaban J connectivity index is 0.00000242. The van der Waals surface area contributed by atoms with Gasteiger partial charge in [0.25, 0.3) is 0 Å². The zero-order valence-electron chi connectivity index (χ0n) is 13.5. The van der Waals surface area contributed by atoms with E-state index < -0.39 is 0 Å². The molecule has 1 fully saturated rings. The second-order valence-corrected chi connectivity index (χ2v) is 8.38. The zero-order chi connectivity index (χ0) is 15.2. The second kappa shape index (κ2) is 11.1. The third kappa shape index (κ3) is 7.11. The maximum atomic E-state index is 12.1. The fraction of sp³-hybridized carbons (Fsp3) is 0.625. The molecule has 0 bridgehead atoms.